The summed E-state index contributed by atoms with van der Waals surface area (Å²) in [6.07, 6.45) is -1.39. The van der Waals surface area contributed by atoms with Crippen molar-refractivity contribution in [1.29, 1.82) is 0 Å². The Morgan fingerprint density at radius 2 is 1.93 bits per heavy atom. The molecule has 14 heavy (non-hydrogen) atoms. The van der Waals surface area contributed by atoms with E-state index in [1.54, 1.807) is 0 Å². The minimum atomic E-state index is -1.08. The predicted molar refractivity (Wildman–Crippen MR) is 51.8 cm³/mol. The molecule has 0 aliphatic carbocycles. The standard InChI is InChI=1S/C10H20O4/c1-3-4-6(2)10-9(13)8(12)7(11)5-14-10/h6-13H,3-5H2,1-2H3/t6?,7-,8+,9-,10?/m1/s1. The third kappa shape index (κ3) is 2.45. The average molecular weight is 204 g/mol. The van der Waals surface area contributed by atoms with E-state index in [2.05, 4.69) is 6.92 Å². The topological polar surface area (TPSA) is 69.9 Å². The van der Waals surface area contributed by atoms with E-state index in [-0.39, 0.29) is 18.6 Å². The van der Waals surface area contributed by atoms with Gasteiger partial charge in [-0.15, -0.1) is 0 Å². The molecule has 0 aromatic heterocycles. The molecule has 1 aliphatic heterocycles. The van der Waals surface area contributed by atoms with E-state index in [1.165, 1.54) is 0 Å². The molecule has 0 amide bonds. The molecule has 1 aliphatic rings. The summed E-state index contributed by atoms with van der Waals surface area (Å²) in [5, 5.41) is 28.4. The van der Waals surface area contributed by atoms with Crippen LogP contribution in [-0.2, 0) is 4.74 Å². The Kier molecular flexibility index (Phi) is 4.31. The molecule has 1 heterocycles. The van der Waals surface area contributed by atoms with Gasteiger partial charge in [-0.05, 0) is 12.3 Å². The lowest BCUT2D eigenvalue weighted by Gasteiger charge is -2.38. The summed E-state index contributed by atoms with van der Waals surface area (Å²) >= 11 is 0. The number of aliphatic hydroxyl groups excluding tert-OH is 3. The molecule has 1 saturated heterocycles. The lowest BCUT2D eigenvalue weighted by molar-refractivity contribution is -0.199. The van der Waals surface area contributed by atoms with Crippen LogP contribution in [0.3, 0.4) is 0 Å². The molecule has 1 rings (SSSR count). The first-order valence-corrected chi connectivity index (χ1v) is 5.23. The number of rotatable bonds is 3. The van der Waals surface area contributed by atoms with Crippen LogP contribution in [0.1, 0.15) is 26.7 Å². The van der Waals surface area contributed by atoms with Crippen LogP contribution in [0.15, 0.2) is 0 Å². The fraction of sp³-hybridized carbons (Fsp3) is 1.00. The largest absolute Gasteiger partial charge is 0.388 e. The molecule has 4 heteroatoms. The van der Waals surface area contributed by atoms with Crippen LogP contribution in [0.5, 0.6) is 0 Å². The number of hydrogen-bond donors (Lipinski definition) is 3. The third-order valence-electron chi connectivity index (χ3n) is 2.85. The highest BCUT2D eigenvalue weighted by Gasteiger charge is 2.39. The van der Waals surface area contributed by atoms with Gasteiger partial charge in [-0.25, -0.2) is 0 Å². The quantitative estimate of drug-likeness (QED) is 0.600. The van der Waals surface area contributed by atoms with E-state index in [9.17, 15) is 15.3 Å². The molecular weight excluding hydrogens is 184 g/mol. The first-order valence-electron chi connectivity index (χ1n) is 5.23. The van der Waals surface area contributed by atoms with E-state index in [0.717, 1.165) is 12.8 Å². The molecular formula is C10H20O4. The SMILES string of the molecule is CCCC(C)C1OC[C@@H](O)[C@H](O)[C@H]1O. The zero-order valence-corrected chi connectivity index (χ0v) is 8.76. The molecule has 2 unspecified atom stereocenters. The summed E-state index contributed by atoms with van der Waals surface area (Å²) < 4.78 is 5.33. The van der Waals surface area contributed by atoms with Gasteiger partial charge in [-0.3, -0.25) is 0 Å². The monoisotopic (exact) mass is 204 g/mol. The van der Waals surface area contributed by atoms with Crippen LogP contribution in [0.2, 0.25) is 0 Å². The van der Waals surface area contributed by atoms with Crippen molar-refractivity contribution in [2.75, 3.05) is 6.61 Å². The Balaban J connectivity index is 2.53. The van der Waals surface area contributed by atoms with Gasteiger partial charge in [-0.1, -0.05) is 20.3 Å². The van der Waals surface area contributed by atoms with Gasteiger partial charge in [0, 0.05) is 0 Å². The van der Waals surface area contributed by atoms with Crippen molar-refractivity contribution in [3.05, 3.63) is 0 Å². The smallest absolute Gasteiger partial charge is 0.111 e. The van der Waals surface area contributed by atoms with Gasteiger partial charge in [0.25, 0.3) is 0 Å². The minimum Gasteiger partial charge on any atom is -0.388 e. The maximum Gasteiger partial charge on any atom is 0.111 e. The van der Waals surface area contributed by atoms with Crippen LogP contribution in [-0.4, -0.2) is 46.3 Å². The first kappa shape index (κ1) is 11.9. The van der Waals surface area contributed by atoms with Gasteiger partial charge in [-0.2, -0.15) is 0 Å². The van der Waals surface area contributed by atoms with Gasteiger partial charge in [0.1, 0.15) is 18.3 Å². The van der Waals surface area contributed by atoms with Crippen LogP contribution in [0.4, 0.5) is 0 Å². The third-order valence-corrected chi connectivity index (χ3v) is 2.85. The Morgan fingerprint density at radius 3 is 2.50 bits per heavy atom. The van der Waals surface area contributed by atoms with Crippen molar-refractivity contribution in [2.45, 2.75) is 51.1 Å². The second-order valence-electron chi connectivity index (χ2n) is 4.11. The zero-order chi connectivity index (χ0) is 10.7. The molecule has 0 bridgehead atoms. The number of aliphatic hydroxyl groups is 3. The summed E-state index contributed by atoms with van der Waals surface area (Å²) in [4.78, 5) is 0. The van der Waals surface area contributed by atoms with Crippen LogP contribution in [0, 0.1) is 5.92 Å². The summed E-state index contributed by atoms with van der Waals surface area (Å²) in [5.41, 5.74) is 0. The van der Waals surface area contributed by atoms with Gasteiger partial charge < -0.3 is 20.1 Å². The second kappa shape index (κ2) is 5.07. The molecule has 3 N–H and O–H groups in total. The molecule has 1 fully saturated rings. The Bertz CT molecular complexity index is 174. The Labute approximate surface area is 84.5 Å². The van der Waals surface area contributed by atoms with E-state index in [0.29, 0.717) is 0 Å². The lowest BCUT2D eigenvalue weighted by atomic mass is 9.89. The fourth-order valence-electron chi connectivity index (χ4n) is 1.95. The van der Waals surface area contributed by atoms with Gasteiger partial charge in [0.2, 0.25) is 0 Å². The number of hydrogen-bond acceptors (Lipinski definition) is 4. The van der Waals surface area contributed by atoms with Crippen molar-refractivity contribution >= 4 is 0 Å². The Hall–Kier alpha value is -0.160. The molecule has 0 radical (unpaired) electrons. The molecule has 0 aromatic carbocycles. The van der Waals surface area contributed by atoms with Gasteiger partial charge in [0.05, 0.1) is 12.7 Å². The molecule has 84 valence electrons. The van der Waals surface area contributed by atoms with Crippen LogP contribution < -0.4 is 0 Å². The van der Waals surface area contributed by atoms with E-state index in [1.807, 2.05) is 6.92 Å². The summed E-state index contributed by atoms with van der Waals surface area (Å²) in [6.45, 7) is 4.16. The van der Waals surface area contributed by atoms with Crippen molar-refractivity contribution < 1.29 is 20.1 Å². The van der Waals surface area contributed by atoms with Crippen molar-refractivity contribution in [3.8, 4) is 0 Å². The fourth-order valence-corrected chi connectivity index (χ4v) is 1.95. The Morgan fingerprint density at radius 1 is 1.29 bits per heavy atom. The van der Waals surface area contributed by atoms with Gasteiger partial charge in [0.15, 0.2) is 0 Å². The average Bonchev–Trinajstić information content (AvgIpc) is 2.15. The van der Waals surface area contributed by atoms with Crippen molar-refractivity contribution in [3.63, 3.8) is 0 Å². The van der Waals surface area contributed by atoms with Crippen molar-refractivity contribution in [2.24, 2.45) is 5.92 Å². The van der Waals surface area contributed by atoms with E-state index in [4.69, 9.17) is 4.74 Å². The van der Waals surface area contributed by atoms with Crippen LogP contribution >= 0.6 is 0 Å². The second-order valence-corrected chi connectivity index (χ2v) is 4.11. The van der Waals surface area contributed by atoms with Gasteiger partial charge >= 0.3 is 0 Å². The lowest BCUT2D eigenvalue weighted by Crippen LogP contribution is -2.54. The normalized spacial score (nSPS) is 40.9. The van der Waals surface area contributed by atoms with Crippen molar-refractivity contribution in [1.82, 2.24) is 0 Å². The van der Waals surface area contributed by atoms with E-state index < -0.39 is 18.3 Å². The minimum absolute atomic E-state index is 0.108. The molecule has 5 atom stereocenters. The maximum absolute atomic E-state index is 9.67. The summed E-state index contributed by atoms with van der Waals surface area (Å²) in [6, 6.07) is 0. The molecule has 4 nitrogen and oxygen atoms in total. The highest BCUT2D eigenvalue weighted by molar-refractivity contribution is 4.88. The maximum atomic E-state index is 9.67. The highest BCUT2D eigenvalue weighted by atomic mass is 16.5. The first-order chi connectivity index (χ1) is 6.57. The number of ether oxygens (including phenoxy) is 1. The molecule has 0 spiro atoms. The zero-order valence-electron chi connectivity index (χ0n) is 8.76. The molecule has 0 aromatic rings. The summed E-state index contributed by atoms with van der Waals surface area (Å²) in [7, 11) is 0. The highest BCUT2D eigenvalue weighted by Crippen LogP contribution is 2.24. The van der Waals surface area contributed by atoms with E-state index >= 15 is 0 Å². The summed E-state index contributed by atoms with van der Waals surface area (Å²) in [5.74, 6) is 0.206. The predicted octanol–water partition coefficient (Wildman–Crippen LogP) is -0.0959. The van der Waals surface area contributed by atoms with Crippen LogP contribution in [0.25, 0.3) is 0 Å². The molecule has 0 saturated carbocycles.